The Labute approximate surface area is 237 Å². The molecule has 0 bridgehead atoms. The number of sulfonamides is 1. The summed E-state index contributed by atoms with van der Waals surface area (Å²) in [6, 6.07) is 15.2. The van der Waals surface area contributed by atoms with E-state index in [-0.39, 0.29) is 39.0 Å². The van der Waals surface area contributed by atoms with Gasteiger partial charge in [0.2, 0.25) is 17.8 Å². The van der Waals surface area contributed by atoms with Gasteiger partial charge in [-0.05, 0) is 81.7 Å². The molecule has 12 heteroatoms. The number of hydrogen-bond acceptors (Lipinski definition) is 8. The van der Waals surface area contributed by atoms with Crippen LogP contribution in [0.25, 0.3) is 22.0 Å². The van der Waals surface area contributed by atoms with Crippen LogP contribution in [0.1, 0.15) is 25.7 Å². The average molecular weight is 585 g/mol. The fourth-order valence-corrected chi connectivity index (χ4v) is 6.49. The van der Waals surface area contributed by atoms with Gasteiger partial charge in [-0.15, -0.1) is 0 Å². The molecule has 2 heterocycles. The topological polar surface area (TPSA) is 109 Å². The molecule has 2 aromatic carbocycles. The van der Waals surface area contributed by atoms with E-state index in [9.17, 15) is 8.42 Å². The Morgan fingerprint density at radius 1 is 1.00 bits per heavy atom. The third-order valence-corrected chi connectivity index (χ3v) is 8.99. The molecule has 2 N–H and O–H groups in total. The monoisotopic (exact) mass is 584 g/mol. The van der Waals surface area contributed by atoms with Crippen LogP contribution in [-0.2, 0) is 10.0 Å². The van der Waals surface area contributed by atoms with E-state index in [1.165, 1.54) is 25.3 Å². The van der Waals surface area contributed by atoms with Crippen LogP contribution in [0, 0.1) is 5.95 Å². The maximum absolute atomic E-state index is 15.2. The number of benzene rings is 2. The molecule has 0 atom stereocenters. The number of hydrogen-bond donors (Lipinski definition) is 2. The number of aromatic nitrogens is 3. The summed E-state index contributed by atoms with van der Waals surface area (Å²) in [5, 5.41) is 3.65. The number of fused-ring (bicyclic) bond motifs is 1. The molecule has 1 saturated carbocycles. The number of methoxy groups -OCH3 is 1. The van der Waals surface area contributed by atoms with Crippen molar-refractivity contribution in [2.75, 3.05) is 31.2 Å². The van der Waals surface area contributed by atoms with Gasteiger partial charge in [-0.25, -0.2) is 13.4 Å². The van der Waals surface area contributed by atoms with Crippen LogP contribution in [0.4, 0.5) is 16.2 Å². The first-order valence-corrected chi connectivity index (χ1v) is 14.7. The van der Waals surface area contributed by atoms with Crippen molar-refractivity contribution in [1.82, 2.24) is 19.9 Å². The highest BCUT2D eigenvalue weighted by Gasteiger charge is 2.24. The first-order valence-electron chi connectivity index (χ1n) is 12.9. The number of rotatable bonds is 8. The summed E-state index contributed by atoms with van der Waals surface area (Å²) in [4.78, 5) is 15.1. The third-order valence-electron chi connectivity index (χ3n) is 7.14. The second-order valence-corrected chi connectivity index (χ2v) is 12.0. The van der Waals surface area contributed by atoms with Crippen LogP contribution < -0.4 is 14.8 Å². The molecule has 4 aromatic rings. The molecule has 9 nitrogen and oxygen atoms in total. The van der Waals surface area contributed by atoms with Gasteiger partial charge in [0.1, 0.15) is 10.7 Å². The zero-order chi connectivity index (χ0) is 28.4. The summed E-state index contributed by atoms with van der Waals surface area (Å²) >= 11 is 6.06. The summed E-state index contributed by atoms with van der Waals surface area (Å²) in [5.74, 6) is -0.148. The molecule has 210 valence electrons. The molecule has 0 saturated heterocycles. The van der Waals surface area contributed by atoms with Crippen LogP contribution in [-0.4, -0.2) is 61.6 Å². The van der Waals surface area contributed by atoms with Gasteiger partial charge in [0.05, 0.1) is 23.0 Å². The third kappa shape index (κ3) is 5.96. The van der Waals surface area contributed by atoms with Gasteiger partial charge < -0.3 is 15.0 Å². The molecule has 0 radical (unpaired) electrons. The van der Waals surface area contributed by atoms with E-state index < -0.39 is 16.0 Å². The van der Waals surface area contributed by atoms with E-state index in [0.717, 1.165) is 25.7 Å². The SMILES string of the molecule is COc1nc(NS(=O)(=O)c2ccccc2Cl)ccc1-c1ccc2nc(NC3CCC(N(C)C)CC3)nc(F)c2c1. The van der Waals surface area contributed by atoms with E-state index in [1.807, 2.05) is 0 Å². The number of nitrogens with zero attached hydrogens (tertiary/aromatic N) is 4. The molecule has 0 spiro atoms. The summed E-state index contributed by atoms with van der Waals surface area (Å²) in [5.41, 5.74) is 1.63. The summed E-state index contributed by atoms with van der Waals surface area (Å²) in [7, 11) is 1.64. The molecule has 1 aliphatic carbocycles. The lowest BCUT2D eigenvalue weighted by molar-refractivity contribution is 0.221. The Balaban J connectivity index is 1.37. The number of pyridine rings is 1. The lowest BCUT2D eigenvalue weighted by Crippen LogP contribution is -2.36. The van der Waals surface area contributed by atoms with E-state index >= 15 is 4.39 Å². The highest BCUT2D eigenvalue weighted by molar-refractivity contribution is 7.92. The highest BCUT2D eigenvalue weighted by atomic mass is 35.5. The van der Waals surface area contributed by atoms with Crippen molar-refractivity contribution in [3.8, 4) is 17.0 Å². The minimum absolute atomic E-state index is 0.0474. The van der Waals surface area contributed by atoms with Crippen molar-refractivity contribution in [3.05, 3.63) is 65.6 Å². The van der Waals surface area contributed by atoms with Gasteiger partial charge in [-0.3, -0.25) is 4.72 Å². The minimum atomic E-state index is -3.98. The van der Waals surface area contributed by atoms with Gasteiger partial charge >= 0.3 is 0 Å². The van der Waals surface area contributed by atoms with Crippen LogP contribution in [0.15, 0.2) is 59.5 Å². The van der Waals surface area contributed by atoms with Gasteiger partial charge in [0.15, 0.2) is 0 Å². The molecule has 1 fully saturated rings. The number of halogens is 2. The highest BCUT2D eigenvalue weighted by Crippen LogP contribution is 2.33. The first-order chi connectivity index (χ1) is 19.1. The van der Waals surface area contributed by atoms with Gasteiger partial charge in [-0.2, -0.15) is 14.4 Å². The Bertz CT molecular complexity index is 1640. The van der Waals surface area contributed by atoms with E-state index in [4.69, 9.17) is 16.3 Å². The quantitative estimate of drug-likeness (QED) is 0.258. The summed E-state index contributed by atoms with van der Waals surface area (Å²) < 4.78 is 48.7. The van der Waals surface area contributed by atoms with Gasteiger partial charge in [-0.1, -0.05) is 29.8 Å². The van der Waals surface area contributed by atoms with Crippen molar-refractivity contribution < 1.29 is 17.5 Å². The van der Waals surface area contributed by atoms with Gasteiger partial charge in [0, 0.05) is 17.6 Å². The van der Waals surface area contributed by atoms with E-state index in [0.29, 0.717) is 22.7 Å². The van der Waals surface area contributed by atoms with Crippen LogP contribution >= 0.6 is 11.6 Å². The minimum Gasteiger partial charge on any atom is -0.480 e. The second kappa shape index (κ2) is 11.5. The maximum Gasteiger partial charge on any atom is 0.264 e. The molecular formula is C28H30ClFN6O3S. The Morgan fingerprint density at radius 3 is 2.45 bits per heavy atom. The van der Waals surface area contributed by atoms with Crippen molar-refractivity contribution in [2.45, 2.75) is 42.7 Å². The van der Waals surface area contributed by atoms with Crippen LogP contribution in [0.2, 0.25) is 5.02 Å². The van der Waals surface area contributed by atoms with E-state index in [2.05, 4.69) is 44.0 Å². The van der Waals surface area contributed by atoms with Crippen LogP contribution in [0.5, 0.6) is 5.88 Å². The average Bonchev–Trinajstić information content (AvgIpc) is 2.93. The first kappa shape index (κ1) is 28.0. The fourth-order valence-electron chi connectivity index (χ4n) is 4.97. The summed E-state index contributed by atoms with van der Waals surface area (Å²) in [6.45, 7) is 0. The normalized spacial score (nSPS) is 17.6. The Kier molecular flexibility index (Phi) is 8.07. The molecular weight excluding hydrogens is 555 g/mol. The molecule has 0 aliphatic heterocycles. The number of nitrogens with one attached hydrogen (secondary N) is 2. The Hall–Kier alpha value is -3.54. The predicted octanol–water partition coefficient (Wildman–Crippen LogP) is 5.58. The largest absolute Gasteiger partial charge is 0.480 e. The van der Waals surface area contributed by atoms with Crippen molar-refractivity contribution in [3.63, 3.8) is 0 Å². The Morgan fingerprint density at radius 2 is 1.75 bits per heavy atom. The van der Waals surface area contributed by atoms with Crippen molar-refractivity contribution in [1.29, 1.82) is 0 Å². The maximum atomic E-state index is 15.2. The predicted molar refractivity (Wildman–Crippen MR) is 155 cm³/mol. The molecule has 2 aromatic heterocycles. The number of anilines is 2. The van der Waals surface area contributed by atoms with Crippen LogP contribution in [0.3, 0.4) is 0 Å². The lowest BCUT2D eigenvalue weighted by Gasteiger charge is -2.32. The van der Waals surface area contributed by atoms with Gasteiger partial charge in [0.25, 0.3) is 10.0 Å². The van der Waals surface area contributed by atoms with Crippen molar-refractivity contribution >= 4 is 44.3 Å². The molecule has 0 unspecified atom stereocenters. The standard InChI is InChI=1S/C28H30ClFN6O3S/c1-36(2)19-11-9-18(10-12-19)31-28-32-23-14-8-17(16-21(23)26(30)34-28)20-13-15-25(33-27(20)39-3)35-40(37,38)24-7-5-4-6-22(24)29/h4-8,13-16,18-19H,9-12H2,1-3H3,(H,33,35)(H,31,32,34). The molecule has 1 aliphatic rings. The number of ether oxygens (including phenoxy) is 1. The molecule has 40 heavy (non-hydrogen) atoms. The molecule has 0 amide bonds. The van der Waals surface area contributed by atoms with Crippen molar-refractivity contribution in [2.24, 2.45) is 0 Å². The fraction of sp³-hybridized carbons (Fsp3) is 0.321. The smallest absolute Gasteiger partial charge is 0.264 e. The lowest BCUT2D eigenvalue weighted by atomic mass is 9.90. The van der Waals surface area contributed by atoms with E-state index in [1.54, 1.807) is 36.4 Å². The summed E-state index contributed by atoms with van der Waals surface area (Å²) in [6.07, 6.45) is 4.09. The molecule has 5 rings (SSSR count). The second-order valence-electron chi connectivity index (χ2n) is 9.97. The zero-order valence-electron chi connectivity index (χ0n) is 22.4. The zero-order valence-corrected chi connectivity index (χ0v) is 23.9.